The van der Waals surface area contributed by atoms with Gasteiger partial charge >= 0.3 is 6.03 Å². The van der Waals surface area contributed by atoms with Crippen molar-refractivity contribution in [2.75, 3.05) is 38.7 Å². The highest BCUT2D eigenvalue weighted by Gasteiger charge is 2.29. The quantitative estimate of drug-likeness (QED) is 0.769. The number of methoxy groups -OCH3 is 1. The molecule has 0 aromatic heterocycles. The smallest absolute Gasteiger partial charge is 0.319 e. The highest BCUT2D eigenvalue weighted by Crippen LogP contribution is 2.23. The maximum atomic E-state index is 13.1. The highest BCUT2D eigenvalue weighted by atomic mass is 19.1. The van der Waals surface area contributed by atoms with E-state index in [-0.39, 0.29) is 23.7 Å². The number of halogens is 1. The third kappa shape index (κ3) is 5.29. The normalized spacial score (nSPS) is 16.3. The number of ether oxygens (including phenoxy) is 1. The fourth-order valence-corrected chi connectivity index (χ4v) is 3.24. The van der Waals surface area contributed by atoms with Crippen LogP contribution in [0.1, 0.15) is 6.42 Å². The van der Waals surface area contributed by atoms with E-state index in [4.69, 9.17) is 4.74 Å². The first-order chi connectivity index (χ1) is 13.5. The van der Waals surface area contributed by atoms with Crippen molar-refractivity contribution >= 4 is 17.6 Å². The van der Waals surface area contributed by atoms with Crippen LogP contribution < -0.4 is 10.6 Å². The number of benzene rings is 2. The van der Waals surface area contributed by atoms with E-state index < -0.39 is 0 Å². The number of urea groups is 1. The Morgan fingerprint density at radius 2 is 2.00 bits per heavy atom. The number of rotatable bonds is 7. The van der Waals surface area contributed by atoms with Gasteiger partial charge in [-0.15, -0.1) is 0 Å². The van der Waals surface area contributed by atoms with Gasteiger partial charge in [-0.3, -0.25) is 4.79 Å². The molecule has 0 radical (unpaired) electrons. The maximum Gasteiger partial charge on any atom is 0.319 e. The lowest BCUT2D eigenvalue weighted by molar-refractivity contribution is -0.128. The standard InChI is InChI=1S/C21H24FN3O3/c1-28-10-9-25-14-15(11-20(25)26)13-23-21(27)24-19-4-2-3-17(12-19)16-5-7-18(22)8-6-16/h2-8,12,15H,9-11,13-14H2,1H3,(H2,23,24,27). The number of anilines is 1. The van der Waals surface area contributed by atoms with Crippen LogP contribution in [0.15, 0.2) is 48.5 Å². The molecule has 3 rings (SSSR count). The molecule has 3 amide bonds. The molecule has 1 saturated heterocycles. The molecule has 0 bridgehead atoms. The Morgan fingerprint density at radius 3 is 2.75 bits per heavy atom. The molecule has 1 atom stereocenters. The third-order valence-electron chi connectivity index (χ3n) is 4.71. The summed E-state index contributed by atoms with van der Waals surface area (Å²) in [7, 11) is 1.61. The van der Waals surface area contributed by atoms with Crippen molar-refractivity contribution < 1.29 is 18.7 Å². The third-order valence-corrected chi connectivity index (χ3v) is 4.71. The molecule has 0 spiro atoms. The van der Waals surface area contributed by atoms with Gasteiger partial charge in [0.1, 0.15) is 5.82 Å². The lowest BCUT2D eigenvalue weighted by Crippen LogP contribution is -2.34. The van der Waals surface area contributed by atoms with Crippen LogP contribution in [0.2, 0.25) is 0 Å². The molecule has 6 nitrogen and oxygen atoms in total. The SMILES string of the molecule is COCCN1CC(CNC(=O)Nc2cccc(-c3ccc(F)cc3)c2)CC1=O. The van der Waals surface area contributed by atoms with Gasteiger partial charge in [-0.05, 0) is 35.4 Å². The highest BCUT2D eigenvalue weighted by molar-refractivity contribution is 5.90. The van der Waals surface area contributed by atoms with E-state index in [2.05, 4.69) is 10.6 Å². The zero-order valence-corrected chi connectivity index (χ0v) is 15.8. The van der Waals surface area contributed by atoms with E-state index in [1.165, 1.54) is 12.1 Å². The fraction of sp³-hybridized carbons (Fsp3) is 0.333. The van der Waals surface area contributed by atoms with Crippen LogP contribution in [0.4, 0.5) is 14.9 Å². The second-order valence-corrected chi connectivity index (χ2v) is 6.83. The van der Waals surface area contributed by atoms with Crippen molar-refractivity contribution in [1.29, 1.82) is 0 Å². The van der Waals surface area contributed by atoms with Crippen molar-refractivity contribution in [3.05, 3.63) is 54.3 Å². The Labute approximate surface area is 163 Å². The fourth-order valence-electron chi connectivity index (χ4n) is 3.24. The van der Waals surface area contributed by atoms with Gasteiger partial charge < -0.3 is 20.3 Å². The molecule has 0 saturated carbocycles. The number of hydrogen-bond acceptors (Lipinski definition) is 3. The molecule has 0 aliphatic carbocycles. The Hall–Kier alpha value is -2.93. The number of carbonyl (C=O) groups is 2. The summed E-state index contributed by atoms with van der Waals surface area (Å²) in [6.07, 6.45) is 0.435. The number of nitrogens with zero attached hydrogens (tertiary/aromatic N) is 1. The summed E-state index contributed by atoms with van der Waals surface area (Å²) in [4.78, 5) is 25.9. The minimum atomic E-state index is -0.320. The molecule has 28 heavy (non-hydrogen) atoms. The Morgan fingerprint density at radius 1 is 1.21 bits per heavy atom. The van der Waals surface area contributed by atoms with Gasteiger partial charge in [-0.1, -0.05) is 24.3 Å². The molecule has 1 aliphatic rings. The molecule has 2 N–H and O–H groups in total. The van der Waals surface area contributed by atoms with E-state index in [0.717, 1.165) is 11.1 Å². The molecule has 1 heterocycles. The number of amides is 3. The topological polar surface area (TPSA) is 70.7 Å². The summed E-state index contributed by atoms with van der Waals surface area (Å²) in [5, 5.41) is 5.63. The molecule has 148 valence electrons. The number of hydrogen-bond donors (Lipinski definition) is 2. The zero-order valence-electron chi connectivity index (χ0n) is 15.8. The summed E-state index contributed by atoms with van der Waals surface area (Å²) in [5.41, 5.74) is 2.39. The predicted octanol–water partition coefficient (Wildman–Crippen LogP) is 3.11. The van der Waals surface area contributed by atoms with Gasteiger partial charge in [0.25, 0.3) is 0 Å². The largest absolute Gasteiger partial charge is 0.383 e. The van der Waals surface area contributed by atoms with Crippen LogP contribution in [0, 0.1) is 11.7 Å². The summed E-state index contributed by atoms with van der Waals surface area (Å²) in [6.45, 7) is 2.15. The molecular formula is C21H24FN3O3. The minimum Gasteiger partial charge on any atom is -0.383 e. The van der Waals surface area contributed by atoms with Crippen LogP contribution >= 0.6 is 0 Å². The van der Waals surface area contributed by atoms with Gasteiger partial charge in [-0.25, -0.2) is 9.18 Å². The predicted molar refractivity (Wildman–Crippen MR) is 105 cm³/mol. The minimum absolute atomic E-state index is 0.0938. The van der Waals surface area contributed by atoms with Crippen LogP contribution in [-0.2, 0) is 9.53 Å². The van der Waals surface area contributed by atoms with E-state index in [1.54, 1.807) is 30.2 Å². The maximum absolute atomic E-state index is 13.1. The van der Waals surface area contributed by atoms with Crippen LogP contribution in [0.5, 0.6) is 0 Å². The average Bonchev–Trinajstić information content (AvgIpc) is 3.05. The number of carbonyl (C=O) groups excluding carboxylic acids is 2. The average molecular weight is 385 g/mol. The first-order valence-electron chi connectivity index (χ1n) is 9.22. The van der Waals surface area contributed by atoms with Crippen molar-refractivity contribution in [2.24, 2.45) is 5.92 Å². The van der Waals surface area contributed by atoms with Gasteiger partial charge in [0.05, 0.1) is 6.61 Å². The summed E-state index contributed by atoms with van der Waals surface area (Å²) >= 11 is 0. The van der Waals surface area contributed by atoms with E-state index in [9.17, 15) is 14.0 Å². The number of likely N-dealkylation sites (tertiary alicyclic amines) is 1. The van der Waals surface area contributed by atoms with Crippen molar-refractivity contribution in [3.63, 3.8) is 0 Å². The first-order valence-corrected chi connectivity index (χ1v) is 9.22. The lowest BCUT2D eigenvalue weighted by atomic mass is 10.1. The Kier molecular flexibility index (Phi) is 6.60. The monoisotopic (exact) mass is 385 g/mol. The van der Waals surface area contributed by atoms with Gasteiger partial charge in [-0.2, -0.15) is 0 Å². The Bertz CT molecular complexity index is 826. The van der Waals surface area contributed by atoms with Gasteiger partial charge in [0.15, 0.2) is 0 Å². The van der Waals surface area contributed by atoms with Crippen LogP contribution in [0.25, 0.3) is 11.1 Å². The van der Waals surface area contributed by atoms with E-state index in [1.807, 2.05) is 18.2 Å². The summed E-state index contributed by atoms with van der Waals surface area (Å²) < 4.78 is 18.1. The lowest BCUT2D eigenvalue weighted by Gasteiger charge is -2.16. The van der Waals surface area contributed by atoms with Crippen molar-refractivity contribution in [1.82, 2.24) is 10.2 Å². The van der Waals surface area contributed by atoms with Crippen LogP contribution in [0.3, 0.4) is 0 Å². The second-order valence-electron chi connectivity index (χ2n) is 6.83. The molecule has 2 aromatic carbocycles. The van der Waals surface area contributed by atoms with E-state index in [0.29, 0.717) is 38.3 Å². The second kappa shape index (κ2) is 9.32. The van der Waals surface area contributed by atoms with Gasteiger partial charge in [0.2, 0.25) is 5.91 Å². The summed E-state index contributed by atoms with van der Waals surface area (Å²) in [6, 6.07) is 13.2. The van der Waals surface area contributed by atoms with Crippen molar-refractivity contribution in [2.45, 2.75) is 6.42 Å². The molecule has 1 aliphatic heterocycles. The number of nitrogens with one attached hydrogen (secondary N) is 2. The van der Waals surface area contributed by atoms with Crippen LogP contribution in [-0.4, -0.2) is 50.2 Å². The molecule has 1 fully saturated rings. The van der Waals surface area contributed by atoms with E-state index >= 15 is 0 Å². The summed E-state index contributed by atoms with van der Waals surface area (Å²) in [5.74, 6) is -0.0968. The molecular weight excluding hydrogens is 361 g/mol. The first kappa shape index (κ1) is 19.8. The molecule has 7 heteroatoms. The Balaban J connectivity index is 1.51. The van der Waals surface area contributed by atoms with Crippen molar-refractivity contribution in [3.8, 4) is 11.1 Å². The molecule has 1 unspecified atom stereocenters. The van der Waals surface area contributed by atoms with Gasteiger partial charge in [0, 0.05) is 44.8 Å². The zero-order chi connectivity index (χ0) is 19.9. The molecule has 2 aromatic rings.